The minimum Gasteiger partial charge on any atom is -0.469 e. The number of methoxy groups -OCH3 is 1. The molecule has 3 nitrogen and oxygen atoms in total. The maximum Gasteiger partial charge on any atom is 0.311 e. The van der Waals surface area contributed by atoms with E-state index >= 15 is 0 Å². The predicted octanol–water partition coefficient (Wildman–Crippen LogP) is 2.27. The van der Waals surface area contributed by atoms with Gasteiger partial charge < -0.3 is 9.84 Å². The Labute approximate surface area is 91.8 Å². The van der Waals surface area contributed by atoms with Gasteiger partial charge in [-0.3, -0.25) is 4.79 Å². The van der Waals surface area contributed by atoms with Gasteiger partial charge in [0.25, 0.3) is 0 Å². The first kappa shape index (κ1) is 12.5. The van der Waals surface area contributed by atoms with Gasteiger partial charge in [0.1, 0.15) is 0 Å². The summed E-state index contributed by atoms with van der Waals surface area (Å²) in [5.41, 5.74) is -0.234. The number of aliphatic hydroxyl groups excluding tert-OH is 1. The number of ether oxygens (including phenoxy) is 1. The van der Waals surface area contributed by atoms with Crippen molar-refractivity contribution in [2.45, 2.75) is 51.4 Å². The van der Waals surface area contributed by atoms with Crippen molar-refractivity contribution in [3.8, 4) is 0 Å². The monoisotopic (exact) mass is 214 g/mol. The van der Waals surface area contributed by atoms with E-state index in [1.165, 1.54) is 13.5 Å². The maximum absolute atomic E-state index is 11.8. The van der Waals surface area contributed by atoms with Gasteiger partial charge in [-0.15, -0.1) is 0 Å². The Morgan fingerprint density at radius 1 is 1.27 bits per heavy atom. The van der Waals surface area contributed by atoms with Crippen molar-refractivity contribution in [1.29, 1.82) is 0 Å². The van der Waals surface area contributed by atoms with Crippen LogP contribution in [0.25, 0.3) is 0 Å². The molecular weight excluding hydrogens is 192 g/mol. The normalized spacial score (nSPS) is 19.9. The number of carbonyl (C=O) groups is 1. The van der Waals surface area contributed by atoms with Gasteiger partial charge in [-0.25, -0.2) is 0 Å². The van der Waals surface area contributed by atoms with Crippen LogP contribution in [0, 0.1) is 5.41 Å². The molecule has 0 aliphatic heterocycles. The first-order valence-corrected chi connectivity index (χ1v) is 5.94. The van der Waals surface area contributed by atoms with Crippen LogP contribution < -0.4 is 0 Å². The average molecular weight is 214 g/mol. The lowest BCUT2D eigenvalue weighted by Crippen LogP contribution is -2.34. The zero-order chi connectivity index (χ0) is 11.1. The van der Waals surface area contributed by atoms with E-state index in [1.54, 1.807) is 0 Å². The molecule has 0 spiro atoms. The first-order valence-electron chi connectivity index (χ1n) is 5.94. The third-order valence-corrected chi connectivity index (χ3v) is 3.49. The summed E-state index contributed by atoms with van der Waals surface area (Å²) < 4.78 is 4.92. The largest absolute Gasteiger partial charge is 0.469 e. The highest BCUT2D eigenvalue weighted by molar-refractivity contribution is 5.76. The number of rotatable bonds is 5. The van der Waals surface area contributed by atoms with Crippen LogP contribution in [0.2, 0.25) is 0 Å². The molecule has 1 rings (SSSR count). The number of esters is 1. The van der Waals surface area contributed by atoms with E-state index in [9.17, 15) is 4.79 Å². The fourth-order valence-corrected chi connectivity index (χ4v) is 2.58. The van der Waals surface area contributed by atoms with Crippen molar-refractivity contribution in [3.63, 3.8) is 0 Å². The van der Waals surface area contributed by atoms with Crippen LogP contribution in [0.4, 0.5) is 0 Å². The Bertz CT molecular complexity index is 195. The molecule has 0 aromatic carbocycles. The fourth-order valence-electron chi connectivity index (χ4n) is 2.58. The lowest BCUT2D eigenvalue weighted by Gasteiger charge is -2.34. The van der Waals surface area contributed by atoms with Crippen molar-refractivity contribution in [2.75, 3.05) is 13.7 Å². The molecule has 0 saturated heterocycles. The van der Waals surface area contributed by atoms with Crippen LogP contribution in [-0.2, 0) is 9.53 Å². The van der Waals surface area contributed by atoms with E-state index in [1.807, 2.05) is 0 Å². The Hall–Kier alpha value is -0.570. The SMILES string of the molecule is COC(=O)C1(CCCCO)CCCCC1. The van der Waals surface area contributed by atoms with E-state index in [0.29, 0.717) is 0 Å². The van der Waals surface area contributed by atoms with Gasteiger partial charge in [0.15, 0.2) is 0 Å². The van der Waals surface area contributed by atoms with E-state index in [0.717, 1.165) is 44.9 Å². The van der Waals surface area contributed by atoms with Crippen LogP contribution in [0.1, 0.15) is 51.4 Å². The summed E-state index contributed by atoms with van der Waals surface area (Å²) in [6.45, 7) is 0.219. The van der Waals surface area contributed by atoms with E-state index in [-0.39, 0.29) is 18.0 Å². The molecule has 0 bridgehead atoms. The molecule has 0 aromatic rings. The summed E-state index contributed by atoms with van der Waals surface area (Å²) in [5.74, 6) is -0.0415. The lowest BCUT2D eigenvalue weighted by atomic mass is 9.71. The Kier molecular flexibility index (Phi) is 5.09. The second-order valence-corrected chi connectivity index (χ2v) is 4.51. The molecule has 15 heavy (non-hydrogen) atoms. The molecule has 1 aliphatic rings. The van der Waals surface area contributed by atoms with Crippen LogP contribution in [0.15, 0.2) is 0 Å². The molecule has 88 valence electrons. The minimum absolute atomic E-state index is 0.0415. The van der Waals surface area contributed by atoms with Crippen molar-refractivity contribution in [2.24, 2.45) is 5.41 Å². The minimum atomic E-state index is -0.234. The van der Waals surface area contributed by atoms with E-state index in [4.69, 9.17) is 9.84 Å². The van der Waals surface area contributed by atoms with Crippen molar-refractivity contribution >= 4 is 5.97 Å². The third-order valence-electron chi connectivity index (χ3n) is 3.49. The molecule has 1 fully saturated rings. The molecule has 3 heteroatoms. The highest BCUT2D eigenvalue weighted by Gasteiger charge is 2.39. The number of aliphatic hydroxyl groups is 1. The number of unbranched alkanes of at least 4 members (excludes halogenated alkanes) is 1. The Balaban J connectivity index is 2.54. The zero-order valence-corrected chi connectivity index (χ0v) is 9.63. The average Bonchev–Trinajstić information content (AvgIpc) is 2.29. The van der Waals surface area contributed by atoms with Crippen LogP contribution in [0.5, 0.6) is 0 Å². The molecule has 1 aliphatic carbocycles. The standard InChI is InChI=1S/C12H22O3/c1-15-11(14)12(9-5-6-10-13)7-3-2-4-8-12/h13H,2-10H2,1H3. The van der Waals surface area contributed by atoms with Gasteiger partial charge in [-0.1, -0.05) is 25.7 Å². The van der Waals surface area contributed by atoms with Crippen molar-refractivity contribution in [1.82, 2.24) is 0 Å². The van der Waals surface area contributed by atoms with Crippen LogP contribution in [-0.4, -0.2) is 24.8 Å². The number of carbonyl (C=O) groups excluding carboxylic acids is 1. The molecule has 0 radical (unpaired) electrons. The molecule has 1 saturated carbocycles. The zero-order valence-electron chi connectivity index (χ0n) is 9.63. The predicted molar refractivity (Wildman–Crippen MR) is 58.5 cm³/mol. The highest BCUT2D eigenvalue weighted by atomic mass is 16.5. The third kappa shape index (κ3) is 3.20. The molecule has 0 amide bonds. The van der Waals surface area contributed by atoms with E-state index < -0.39 is 0 Å². The summed E-state index contributed by atoms with van der Waals surface area (Å²) in [4.78, 5) is 11.8. The quantitative estimate of drug-likeness (QED) is 0.564. The molecule has 0 aromatic heterocycles. The van der Waals surface area contributed by atoms with Gasteiger partial charge in [0, 0.05) is 6.61 Å². The molecular formula is C12H22O3. The summed E-state index contributed by atoms with van der Waals surface area (Å²) in [6.07, 6.45) is 8.02. The summed E-state index contributed by atoms with van der Waals surface area (Å²) in [6, 6.07) is 0. The number of hydrogen-bond acceptors (Lipinski definition) is 3. The van der Waals surface area contributed by atoms with Gasteiger partial charge in [-0.2, -0.15) is 0 Å². The van der Waals surface area contributed by atoms with Crippen LogP contribution in [0.3, 0.4) is 0 Å². The topological polar surface area (TPSA) is 46.5 Å². The molecule has 1 N–H and O–H groups in total. The molecule has 0 unspecified atom stereocenters. The maximum atomic E-state index is 11.8. The highest BCUT2D eigenvalue weighted by Crippen LogP contribution is 2.41. The van der Waals surface area contributed by atoms with E-state index in [2.05, 4.69) is 0 Å². The van der Waals surface area contributed by atoms with Gasteiger partial charge in [-0.05, 0) is 25.7 Å². The second kappa shape index (κ2) is 6.11. The smallest absolute Gasteiger partial charge is 0.311 e. The Morgan fingerprint density at radius 2 is 1.93 bits per heavy atom. The van der Waals surface area contributed by atoms with Gasteiger partial charge in [0.05, 0.1) is 12.5 Å². The summed E-state index contributed by atoms with van der Waals surface area (Å²) in [5, 5.41) is 8.76. The number of hydrogen-bond donors (Lipinski definition) is 1. The summed E-state index contributed by atoms with van der Waals surface area (Å²) in [7, 11) is 1.48. The van der Waals surface area contributed by atoms with Crippen molar-refractivity contribution in [3.05, 3.63) is 0 Å². The lowest BCUT2D eigenvalue weighted by molar-refractivity contribution is -0.155. The Morgan fingerprint density at radius 3 is 2.47 bits per heavy atom. The second-order valence-electron chi connectivity index (χ2n) is 4.51. The fraction of sp³-hybridized carbons (Fsp3) is 0.917. The van der Waals surface area contributed by atoms with Crippen molar-refractivity contribution < 1.29 is 14.6 Å². The first-order chi connectivity index (χ1) is 7.25. The van der Waals surface area contributed by atoms with Crippen LogP contribution >= 0.6 is 0 Å². The van der Waals surface area contributed by atoms with Gasteiger partial charge in [0.2, 0.25) is 0 Å². The van der Waals surface area contributed by atoms with Gasteiger partial charge >= 0.3 is 5.97 Å². The molecule has 0 heterocycles. The summed E-state index contributed by atoms with van der Waals surface area (Å²) >= 11 is 0. The molecule has 0 atom stereocenters.